The highest BCUT2D eigenvalue weighted by atomic mass is 16.5. The lowest BCUT2D eigenvalue weighted by atomic mass is 9.95. The molecule has 0 aliphatic carbocycles. The minimum absolute atomic E-state index is 0.0245. The van der Waals surface area contributed by atoms with E-state index in [2.05, 4.69) is 18.0 Å². The maximum Gasteiger partial charge on any atom is 0.168 e. The summed E-state index contributed by atoms with van der Waals surface area (Å²) in [7, 11) is 0. The number of aryl methyl sites for hydroxylation is 2. The average molecular weight is 269 g/mol. The molecule has 0 N–H and O–H groups in total. The number of Topliss-reactive ketones (excluding diaryl/α,β-unsaturated/α-hetero) is 1. The van der Waals surface area contributed by atoms with Crippen LogP contribution in [0.1, 0.15) is 35.0 Å². The summed E-state index contributed by atoms with van der Waals surface area (Å²) in [5.74, 6) is 0.222. The van der Waals surface area contributed by atoms with Crippen molar-refractivity contribution in [1.82, 2.24) is 4.98 Å². The van der Waals surface area contributed by atoms with Gasteiger partial charge in [0.1, 0.15) is 0 Å². The van der Waals surface area contributed by atoms with Crippen LogP contribution in [0.2, 0.25) is 0 Å². The van der Waals surface area contributed by atoms with Gasteiger partial charge in [0.25, 0.3) is 0 Å². The Hall–Kier alpha value is -1.74. The van der Waals surface area contributed by atoms with Crippen LogP contribution in [0.15, 0.2) is 24.3 Å². The minimum Gasteiger partial charge on any atom is -0.381 e. The van der Waals surface area contributed by atoms with E-state index in [0.29, 0.717) is 13.2 Å². The van der Waals surface area contributed by atoms with Crippen molar-refractivity contribution in [2.75, 3.05) is 13.2 Å². The molecular weight excluding hydrogens is 250 g/mol. The first kappa shape index (κ1) is 13.3. The number of hydrogen-bond donors (Lipinski definition) is 0. The maximum atomic E-state index is 12.4. The average Bonchev–Trinajstić information content (AvgIpc) is 2.99. The number of benzene rings is 1. The topological polar surface area (TPSA) is 39.2 Å². The van der Waals surface area contributed by atoms with Crippen molar-refractivity contribution in [3.05, 3.63) is 41.1 Å². The number of rotatable bonds is 3. The summed E-state index contributed by atoms with van der Waals surface area (Å²) in [6.45, 7) is 5.42. The van der Waals surface area contributed by atoms with E-state index >= 15 is 0 Å². The van der Waals surface area contributed by atoms with Crippen LogP contribution in [0.5, 0.6) is 0 Å². The Morgan fingerprint density at radius 3 is 2.95 bits per heavy atom. The van der Waals surface area contributed by atoms with Crippen LogP contribution in [0.25, 0.3) is 10.9 Å². The van der Waals surface area contributed by atoms with E-state index in [-0.39, 0.29) is 11.7 Å². The second kappa shape index (κ2) is 5.33. The van der Waals surface area contributed by atoms with Crippen molar-refractivity contribution >= 4 is 16.7 Å². The van der Waals surface area contributed by atoms with Crippen LogP contribution in [0.3, 0.4) is 0 Å². The van der Waals surface area contributed by atoms with Gasteiger partial charge in [0.15, 0.2) is 5.78 Å². The van der Waals surface area contributed by atoms with Crippen molar-refractivity contribution in [2.24, 2.45) is 5.92 Å². The predicted molar refractivity (Wildman–Crippen MR) is 79.1 cm³/mol. The summed E-state index contributed by atoms with van der Waals surface area (Å²) in [4.78, 5) is 17.0. The molecule has 0 saturated carbocycles. The third-order valence-corrected chi connectivity index (χ3v) is 4.08. The summed E-state index contributed by atoms with van der Waals surface area (Å²) in [5.41, 5.74) is 4.05. The summed E-state index contributed by atoms with van der Waals surface area (Å²) in [6, 6.07) is 7.97. The molecular formula is C17H19NO2. The Morgan fingerprint density at radius 1 is 1.40 bits per heavy atom. The first-order valence-corrected chi connectivity index (χ1v) is 7.21. The second-order valence-corrected chi connectivity index (χ2v) is 5.42. The normalized spacial score (nSPS) is 18.6. The quantitative estimate of drug-likeness (QED) is 0.802. The zero-order chi connectivity index (χ0) is 14.1. The molecule has 1 aliphatic heterocycles. The first-order valence-electron chi connectivity index (χ1n) is 7.21. The van der Waals surface area contributed by atoms with E-state index in [0.717, 1.165) is 35.0 Å². The molecule has 2 heterocycles. The molecule has 3 nitrogen and oxygen atoms in total. The standard InChI is InChI=1S/C17H19NO2/c1-3-12-8-15-9-13(4-5-16(15)18-11(12)2)17(19)14-6-7-20-10-14/h4-5,8-9,14H,3,6-7,10H2,1-2H3. The number of ether oxygens (including phenoxy) is 1. The third kappa shape index (κ3) is 2.34. The SMILES string of the molecule is CCc1cc2cc(C(=O)C3CCOC3)ccc2nc1C. The van der Waals surface area contributed by atoms with Gasteiger partial charge in [-0.1, -0.05) is 6.92 Å². The van der Waals surface area contributed by atoms with Crippen molar-refractivity contribution in [1.29, 1.82) is 0 Å². The molecule has 2 aromatic rings. The van der Waals surface area contributed by atoms with Crippen molar-refractivity contribution in [2.45, 2.75) is 26.7 Å². The van der Waals surface area contributed by atoms with Gasteiger partial charge in [-0.05, 0) is 49.6 Å². The number of pyridine rings is 1. The molecule has 1 saturated heterocycles. The van der Waals surface area contributed by atoms with Crippen LogP contribution in [-0.4, -0.2) is 24.0 Å². The lowest BCUT2D eigenvalue weighted by molar-refractivity contribution is 0.0900. The Labute approximate surface area is 119 Å². The number of carbonyl (C=O) groups excluding carboxylic acids is 1. The number of fused-ring (bicyclic) bond motifs is 1. The highest BCUT2D eigenvalue weighted by Gasteiger charge is 2.24. The molecule has 1 aromatic carbocycles. The molecule has 0 spiro atoms. The fourth-order valence-corrected chi connectivity index (χ4v) is 2.80. The van der Waals surface area contributed by atoms with Gasteiger partial charge in [-0.3, -0.25) is 9.78 Å². The van der Waals surface area contributed by atoms with Gasteiger partial charge in [-0.2, -0.15) is 0 Å². The van der Waals surface area contributed by atoms with Gasteiger partial charge in [0.05, 0.1) is 12.1 Å². The van der Waals surface area contributed by atoms with E-state index in [1.807, 2.05) is 25.1 Å². The molecule has 0 amide bonds. The number of aromatic nitrogens is 1. The third-order valence-electron chi connectivity index (χ3n) is 4.08. The van der Waals surface area contributed by atoms with Gasteiger partial charge in [0, 0.05) is 29.2 Å². The summed E-state index contributed by atoms with van der Waals surface area (Å²) >= 11 is 0. The van der Waals surface area contributed by atoms with Crippen molar-refractivity contribution < 1.29 is 9.53 Å². The molecule has 1 aromatic heterocycles. The Kier molecular flexibility index (Phi) is 3.53. The van der Waals surface area contributed by atoms with Crippen molar-refractivity contribution in [3.63, 3.8) is 0 Å². The van der Waals surface area contributed by atoms with Gasteiger partial charge < -0.3 is 4.74 Å². The summed E-state index contributed by atoms with van der Waals surface area (Å²) in [5, 5.41) is 1.05. The van der Waals surface area contributed by atoms with Gasteiger partial charge in [0.2, 0.25) is 0 Å². The smallest absolute Gasteiger partial charge is 0.168 e. The van der Waals surface area contributed by atoms with Crippen LogP contribution >= 0.6 is 0 Å². The number of hydrogen-bond acceptors (Lipinski definition) is 3. The summed E-state index contributed by atoms with van der Waals surface area (Å²) < 4.78 is 5.31. The minimum atomic E-state index is 0.0245. The van der Waals surface area contributed by atoms with E-state index < -0.39 is 0 Å². The Morgan fingerprint density at radius 2 is 2.25 bits per heavy atom. The van der Waals surface area contributed by atoms with Crippen LogP contribution in [-0.2, 0) is 11.2 Å². The Bertz CT molecular complexity index is 657. The molecule has 1 aliphatic rings. The fourth-order valence-electron chi connectivity index (χ4n) is 2.80. The van der Waals surface area contributed by atoms with E-state index in [1.165, 1.54) is 5.56 Å². The molecule has 0 radical (unpaired) electrons. The summed E-state index contributed by atoms with van der Waals surface area (Å²) in [6.07, 6.45) is 1.80. The predicted octanol–water partition coefficient (Wildman–Crippen LogP) is 3.32. The lowest BCUT2D eigenvalue weighted by Gasteiger charge is -2.09. The molecule has 3 heteroatoms. The molecule has 20 heavy (non-hydrogen) atoms. The lowest BCUT2D eigenvalue weighted by Crippen LogP contribution is -2.14. The highest BCUT2D eigenvalue weighted by Crippen LogP contribution is 2.23. The van der Waals surface area contributed by atoms with Gasteiger partial charge >= 0.3 is 0 Å². The first-order chi connectivity index (χ1) is 9.69. The zero-order valence-corrected chi connectivity index (χ0v) is 12.0. The van der Waals surface area contributed by atoms with Crippen LogP contribution in [0.4, 0.5) is 0 Å². The van der Waals surface area contributed by atoms with E-state index in [9.17, 15) is 4.79 Å². The maximum absolute atomic E-state index is 12.4. The van der Waals surface area contributed by atoms with Gasteiger partial charge in [-0.15, -0.1) is 0 Å². The van der Waals surface area contributed by atoms with E-state index in [1.54, 1.807) is 0 Å². The number of carbonyl (C=O) groups is 1. The number of nitrogens with zero attached hydrogens (tertiary/aromatic N) is 1. The molecule has 1 atom stereocenters. The van der Waals surface area contributed by atoms with E-state index in [4.69, 9.17) is 4.74 Å². The molecule has 104 valence electrons. The van der Waals surface area contributed by atoms with Crippen LogP contribution in [0, 0.1) is 12.8 Å². The monoisotopic (exact) mass is 269 g/mol. The highest BCUT2D eigenvalue weighted by molar-refractivity contribution is 6.01. The zero-order valence-electron chi connectivity index (χ0n) is 12.0. The van der Waals surface area contributed by atoms with Gasteiger partial charge in [-0.25, -0.2) is 0 Å². The molecule has 1 fully saturated rings. The Balaban J connectivity index is 2.01. The van der Waals surface area contributed by atoms with Crippen LogP contribution < -0.4 is 0 Å². The number of ketones is 1. The molecule has 0 bridgehead atoms. The second-order valence-electron chi connectivity index (χ2n) is 5.42. The molecule has 3 rings (SSSR count). The fraction of sp³-hybridized carbons (Fsp3) is 0.412. The largest absolute Gasteiger partial charge is 0.381 e. The van der Waals surface area contributed by atoms with Crippen molar-refractivity contribution in [3.8, 4) is 0 Å². The molecule has 1 unspecified atom stereocenters.